The molecule has 1 N–H and O–H groups in total. The minimum atomic E-state index is -0.0698. The Balaban J connectivity index is 1.68. The van der Waals surface area contributed by atoms with Crippen molar-refractivity contribution in [2.45, 2.75) is 44.8 Å². The SMILES string of the molecule is CO[C@H]1CC[C@@H](N2CC(=O)Nc3ncc(-c4ccc(C#N)nc4C)nc32)CC1. The van der Waals surface area contributed by atoms with Crippen LogP contribution < -0.4 is 10.2 Å². The molecule has 2 aromatic heterocycles. The van der Waals surface area contributed by atoms with Crippen molar-refractivity contribution in [2.24, 2.45) is 0 Å². The number of pyridine rings is 1. The van der Waals surface area contributed by atoms with Gasteiger partial charge in [0.25, 0.3) is 0 Å². The largest absolute Gasteiger partial charge is 0.381 e. The van der Waals surface area contributed by atoms with E-state index in [-0.39, 0.29) is 18.5 Å². The van der Waals surface area contributed by atoms with E-state index >= 15 is 0 Å². The van der Waals surface area contributed by atoms with Gasteiger partial charge >= 0.3 is 0 Å². The lowest BCUT2D eigenvalue weighted by Crippen LogP contribution is -2.47. The summed E-state index contributed by atoms with van der Waals surface area (Å²) < 4.78 is 5.47. The van der Waals surface area contributed by atoms with Crippen LogP contribution in [0.1, 0.15) is 37.1 Å². The summed E-state index contributed by atoms with van der Waals surface area (Å²) in [5, 5.41) is 11.8. The molecule has 3 heterocycles. The van der Waals surface area contributed by atoms with Crippen molar-refractivity contribution in [1.29, 1.82) is 5.26 Å². The number of aryl methyl sites for hydroxylation is 1. The average molecular weight is 378 g/mol. The van der Waals surface area contributed by atoms with Crippen LogP contribution in [0, 0.1) is 18.3 Å². The predicted octanol–water partition coefficient (Wildman–Crippen LogP) is 2.43. The number of carbonyl (C=O) groups excluding carboxylic acids is 1. The molecule has 4 rings (SSSR count). The third-order valence-electron chi connectivity index (χ3n) is 5.49. The summed E-state index contributed by atoms with van der Waals surface area (Å²) in [6.45, 7) is 2.13. The number of hydrogen-bond acceptors (Lipinski definition) is 7. The van der Waals surface area contributed by atoms with E-state index in [0.29, 0.717) is 29.1 Å². The van der Waals surface area contributed by atoms with Crippen molar-refractivity contribution >= 4 is 17.5 Å². The quantitative estimate of drug-likeness (QED) is 0.874. The Bertz CT molecular complexity index is 946. The Labute approximate surface area is 163 Å². The highest BCUT2D eigenvalue weighted by molar-refractivity contribution is 5.99. The molecule has 28 heavy (non-hydrogen) atoms. The van der Waals surface area contributed by atoms with Gasteiger partial charge in [-0.1, -0.05) is 0 Å². The van der Waals surface area contributed by atoms with Gasteiger partial charge in [0.2, 0.25) is 5.91 Å². The molecule has 8 heteroatoms. The van der Waals surface area contributed by atoms with Gasteiger partial charge in [-0.05, 0) is 44.7 Å². The number of anilines is 2. The van der Waals surface area contributed by atoms with Crippen LogP contribution in [0.2, 0.25) is 0 Å². The van der Waals surface area contributed by atoms with Gasteiger partial charge in [-0.3, -0.25) is 4.79 Å². The van der Waals surface area contributed by atoms with Crippen molar-refractivity contribution in [1.82, 2.24) is 15.0 Å². The molecule has 144 valence electrons. The van der Waals surface area contributed by atoms with E-state index in [2.05, 4.69) is 20.2 Å². The third-order valence-corrected chi connectivity index (χ3v) is 5.49. The molecule has 1 aliphatic heterocycles. The number of rotatable bonds is 3. The van der Waals surface area contributed by atoms with E-state index in [4.69, 9.17) is 15.0 Å². The maximum atomic E-state index is 12.2. The van der Waals surface area contributed by atoms with Crippen LogP contribution in [-0.4, -0.2) is 46.7 Å². The zero-order chi connectivity index (χ0) is 19.7. The molecule has 2 aliphatic rings. The molecule has 0 saturated heterocycles. The number of fused-ring (bicyclic) bond motifs is 1. The molecule has 1 aliphatic carbocycles. The second kappa shape index (κ2) is 7.52. The molecule has 0 spiro atoms. The van der Waals surface area contributed by atoms with Gasteiger partial charge in [-0.25, -0.2) is 15.0 Å². The first-order valence-electron chi connectivity index (χ1n) is 9.43. The van der Waals surface area contributed by atoms with Gasteiger partial charge in [0.05, 0.1) is 24.5 Å². The predicted molar refractivity (Wildman–Crippen MR) is 104 cm³/mol. The normalized spacial score (nSPS) is 21.6. The van der Waals surface area contributed by atoms with Crippen LogP contribution >= 0.6 is 0 Å². The summed E-state index contributed by atoms with van der Waals surface area (Å²) in [5.74, 6) is 1.12. The number of nitrogens with zero attached hydrogens (tertiary/aromatic N) is 5. The van der Waals surface area contributed by atoms with E-state index < -0.39 is 0 Å². The highest BCUT2D eigenvalue weighted by Crippen LogP contribution is 2.34. The molecule has 0 radical (unpaired) electrons. The number of aromatic nitrogens is 3. The van der Waals surface area contributed by atoms with E-state index in [1.165, 1.54) is 0 Å². The Morgan fingerprint density at radius 3 is 2.71 bits per heavy atom. The molecule has 0 atom stereocenters. The summed E-state index contributed by atoms with van der Waals surface area (Å²) in [6.07, 6.45) is 5.78. The number of amides is 1. The second-order valence-electron chi connectivity index (χ2n) is 7.21. The smallest absolute Gasteiger partial charge is 0.245 e. The zero-order valence-electron chi connectivity index (χ0n) is 16.0. The number of carbonyl (C=O) groups is 1. The molecular weight excluding hydrogens is 356 g/mol. The van der Waals surface area contributed by atoms with Crippen LogP contribution in [0.3, 0.4) is 0 Å². The standard InChI is InChI=1S/C20H22N6O2/c1-12-16(8-3-13(9-21)23-12)17-10-22-19-20(24-17)26(11-18(27)25-19)14-4-6-15(28-2)7-5-14/h3,8,10,14-15H,4-7,11H2,1-2H3,(H,22,25,27)/t14-,15+. The fraction of sp³-hybridized carbons (Fsp3) is 0.450. The fourth-order valence-electron chi connectivity index (χ4n) is 3.99. The van der Waals surface area contributed by atoms with E-state index in [1.54, 1.807) is 19.4 Å². The number of nitriles is 1. The van der Waals surface area contributed by atoms with Gasteiger partial charge in [-0.2, -0.15) is 5.26 Å². The summed E-state index contributed by atoms with van der Waals surface area (Å²) in [5.41, 5.74) is 2.60. The minimum Gasteiger partial charge on any atom is -0.381 e. The van der Waals surface area contributed by atoms with Gasteiger partial charge < -0.3 is 15.0 Å². The second-order valence-corrected chi connectivity index (χ2v) is 7.21. The summed E-state index contributed by atoms with van der Waals surface area (Å²) in [4.78, 5) is 27.8. The molecule has 0 bridgehead atoms. The van der Waals surface area contributed by atoms with E-state index in [0.717, 1.165) is 36.9 Å². The lowest BCUT2D eigenvalue weighted by molar-refractivity contribution is -0.115. The third kappa shape index (κ3) is 3.41. The van der Waals surface area contributed by atoms with Crippen molar-refractivity contribution < 1.29 is 9.53 Å². The van der Waals surface area contributed by atoms with Crippen molar-refractivity contribution in [3.63, 3.8) is 0 Å². The summed E-state index contributed by atoms with van der Waals surface area (Å²) in [6, 6.07) is 5.80. The zero-order valence-corrected chi connectivity index (χ0v) is 16.0. The number of methoxy groups -OCH3 is 1. The molecule has 1 amide bonds. The van der Waals surface area contributed by atoms with Crippen LogP contribution in [0.15, 0.2) is 18.3 Å². The molecule has 0 unspecified atom stereocenters. The Morgan fingerprint density at radius 1 is 1.25 bits per heavy atom. The van der Waals surface area contributed by atoms with Crippen LogP contribution in [-0.2, 0) is 9.53 Å². The van der Waals surface area contributed by atoms with Crippen LogP contribution in [0.5, 0.6) is 0 Å². The lowest BCUT2D eigenvalue weighted by atomic mass is 9.91. The topological polar surface area (TPSA) is 104 Å². The Hall–Kier alpha value is -3.05. The molecular formula is C20H22N6O2. The van der Waals surface area contributed by atoms with E-state index in [1.807, 2.05) is 19.1 Å². The molecule has 1 fully saturated rings. The molecule has 2 aromatic rings. The van der Waals surface area contributed by atoms with Gasteiger partial charge in [0.1, 0.15) is 11.8 Å². The highest BCUT2D eigenvalue weighted by atomic mass is 16.5. The van der Waals surface area contributed by atoms with Gasteiger partial charge in [-0.15, -0.1) is 0 Å². The van der Waals surface area contributed by atoms with E-state index in [9.17, 15) is 4.79 Å². The van der Waals surface area contributed by atoms with Crippen molar-refractivity contribution in [3.05, 3.63) is 29.7 Å². The van der Waals surface area contributed by atoms with Crippen molar-refractivity contribution in [2.75, 3.05) is 23.9 Å². The minimum absolute atomic E-state index is 0.0698. The number of ether oxygens (including phenoxy) is 1. The number of hydrogen-bond donors (Lipinski definition) is 1. The van der Waals surface area contributed by atoms with Crippen LogP contribution in [0.4, 0.5) is 11.6 Å². The Kier molecular flexibility index (Phi) is 4.92. The highest BCUT2D eigenvalue weighted by Gasteiger charge is 2.33. The molecule has 0 aromatic carbocycles. The first kappa shape index (κ1) is 18.3. The monoisotopic (exact) mass is 378 g/mol. The maximum Gasteiger partial charge on any atom is 0.245 e. The van der Waals surface area contributed by atoms with Gasteiger partial charge in [0.15, 0.2) is 11.6 Å². The number of nitrogens with one attached hydrogen (secondary N) is 1. The first-order valence-corrected chi connectivity index (χ1v) is 9.43. The molecule has 8 nitrogen and oxygen atoms in total. The Morgan fingerprint density at radius 2 is 2.04 bits per heavy atom. The lowest BCUT2D eigenvalue weighted by Gasteiger charge is -2.39. The summed E-state index contributed by atoms with van der Waals surface area (Å²) >= 11 is 0. The molecule has 1 saturated carbocycles. The average Bonchev–Trinajstić information content (AvgIpc) is 2.73. The fourth-order valence-corrected chi connectivity index (χ4v) is 3.99. The van der Waals surface area contributed by atoms with Gasteiger partial charge in [0, 0.05) is 24.4 Å². The maximum absolute atomic E-state index is 12.2. The van der Waals surface area contributed by atoms with Crippen molar-refractivity contribution in [3.8, 4) is 17.3 Å². The first-order chi connectivity index (χ1) is 13.6. The summed E-state index contributed by atoms with van der Waals surface area (Å²) in [7, 11) is 1.75. The van der Waals surface area contributed by atoms with Crippen LogP contribution in [0.25, 0.3) is 11.3 Å².